The van der Waals surface area contributed by atoms with Gasteiger partial charge >= 0.3 is 0 Å². The minimum Gasteiger partial charge on any atom is -0.355 e. The number of fused-ring (bicyclic) bond motifs is 1. The second-order valence-electron chi connectivity index (χ2n) is 5.68. The summed E-state index contributed by atoms with van der Waals surface area (Å²) in [5.41, 5.74) is 2.11. The van der Waals surface area contributed by atoms with E-state index in [1.54, 1.807) is 11.8 Å². The van der Waals surface area contributed by atoms with Crippen molar-refractivity contribution in [3.63, 3.8) is 0 Å². The Morgan fingerprint density at radius 1 is 1.12 bits per heavy atom. The van der Waals surface area contributed by atoms with Gasteiger partial charge in [0, 0.05) is 29.4 Å². The molecule has 0 bridgehead atoms. The Balaban J connectivity index is 1.37. The number of nitrogens with one attached hydrogen (secondary N) is 2. The van der Waals surface area contributed by atoms with Crippen molar-refractivity contribution in [3.8, 4) is 0 Å². The van der Waals surface area contributed by atoms with Crippen LogP contribution in [0.3, 0.4) is 0 Å². The molecule has 0 spiro atoms. The van der Waals surface area contributed by atoms with Crippen LogP contribution in [-0.4, -0.2) is 29.4 Å². The predicted molar refractivity (Wildman–Crippen MR) is 105 cm³/mol. The van der Waals surface area contributed by atoms with E-state index < -0.39 is 0 Å². The van der Waals surface area contributed by atoms with Crippen molar-refractivity contribution in [2.24, 2.45) is 0 Å². The Kier molecular flexibility index (Phi) is 6.42. The van der Waals surface area contributed by atoms with E-state index in [2.05, 4.69) is 22.8 Å². The van der Waals surface area contributed by atoms with Crippen LogP contribution in [0, 0.1) is 0 Å². The van der Waals surface area contributed by atoms with E-state index in [-0.39, 0.29) is 23.5 Å². The molecule has 130 valence electrons. The fraction of sp³-hybridized carbons (Fsp3) is 0.263. The SMILES string of the molecule is O=C(CC1Sc2ccccc2NC1=O)NCCSCc1ccccc1. The predicted octanol–water partition coefficient (Wildman–Crippen LogP) is 3.54. The van der Waals surface area contributed by atoms with Crippen LogP contribution in [-0.2, 0) is 15.3 Å². The zero-order valence-electron chi connectivity index (χ0n) is 13.7. The lowest BCUT2D eigenvalue weighted by Crippen LogP contribution is -2.35. The second-order valence-corrected chi connectivity index (χ2v) is 8.03. The molecule has 6 heteroatoms. The molecule has 0 aromatic heterocycles. The van der Waals surface area contributed by atoms with Crippen LogP contribution in [0.15, 0.2) is 59.5 Å². The monoisotopic (exact) mass is 372 g/mol. The van der Waals surface area contributed by atoms with Gasteiger partial charge in [0.2, 0.25) is 11.8 Å². The molecule has 0 aliphatic carbocycles. The topological polar surface area (TPSA) is 58.2 Å². The maximum atomic E-state index is 12.1. The average molecular weight is 373 g/mol. The smallest absolute Gasteiger partial charge is 0.238 e. The van der Waals surface area contributed by atoms with E-state index in [1.807, 2.05) is 42.5 Å². The lowest BCUT2D eigenvalue weighted by Gasteiger charge is -2.23. The highest BCUT2D eigenvalue weighted by Crippen LogP contribution is 2.36. The molecule has 0 fully saturated rings. The molecule has 1 atom stereocenters. The van der Waals surface area contributed by atoms with E-state index in [4.69, 9.17) is 0 Å². The summed E-state index contributed by atoms with van der Waals surface area (Å²) in [6, 6.07) is 17.9. The minimum atomic E-state index is -0.369. The number of amides is 2. The van der Waals surface area contributed by atoms with Crippen LogP contribution in [0.4, 0.5) is 5.69 Å². The first-order valence-electron chi connectivity index (χ1n) is 8.17. The first-order valence-corrected chi connectivity index (χ1v) is 10.2. The standard InChI is InChI=1S/C19H20N2O2S2/c22-18(20-10-11-24-13-14-6-2-1-3-7-14)12-17-19(23)21-15-8-4-5-9-16(15)25-17/h1-9,17H,10-13H2,(H,20,22)(H,21,23). The fourth-order valence-corrected chi connectivity index (χ4v) is 4.42. The minimum absolute atomic E-state index is 0.0765. The molecular formula is C19H20N2O2S2. The highest BCUT2D eigenvalue weighted by molar-refractivity contribution is 8.01. The molecule has 1 aliphatic heterocycles. The molecule has 3 rings (SSSR count). The van der Waals surface area contributed by atoms with Crippen LogP contribution in [0.5, 0.6) is 0 Å². The Morgan fingerprint density at radius 2 is 1.88 bits per heavy atom. The normalized spacial score (nSPS) is 16.0. The third-order valence-electron chi connectivity index (χ3n) is 3.76. The second kappa shape index (κ2) is 8.97. The van der Waals surface area contributed by atoms with Crippen molar-refractivity contribution in [1.29, 1.82) is 0 Å². The molecular weight excluding hydrogens is 352 g/mol. The van der Waals surface area contributed by atoms with E-state index >= 15 is 0 Å². The van der Waals surface area contributed by atoms with Gasteiger partial charge in [-0.3, -0.25) is 9.59 Å². The third-order valence-corrected chi connectivity index (χ3v) is 6.06. The van der Waals surface area contributed by atoms with Gasteiger partial charge in [0.1, 0.15) is 0 Å². The Hall–Kier alpha value is -1.92. The molecule has 0 saturated heterocycles. The van der Waals surface area contributed by atoms with Gasteiger partial charge in [0.15, 0.2) is 0 Å². The van der Waals surface area contributed by atoms with Gasteiger partial charge in [-0.05, 0) is 17.7 Å². The largest absolute Gasteiger partial charge is 0.355 e. The fourth-order valence-electron chi connectivity index (χ4n) is 2.49. The third kappa shape index (κ3) is 5.28. The summed E-state index contributed by atoms with van der Waals surface area (Å²) in [4.78, 5) is 25.2. The zero-order valence-corrected chi connectivity index (χ0v) is 15.4. The molecule has 2 aromatic carbocycles. The van der Waals surface area contributed by atoms with Crippen molar-refractivity contribution in [3.05, 3.63) is 60.2 Å². The van der Waals surface area contributed by atoms with Gasteiger partial charge in [-0.25, -0.2) is 0 Å². The molecule has 2 N–H and O–H groups in total. The number of carbonyl (C=O) groups is 2. The molecule has 0 radical (unpaired) electrons. The van der Waals surface area contributed by atoms with Crippen LogP contribution in [0.25, 0.3) is 0 Å². The molecule has 4 nitrogen and oxygen atoms in total. The Labute approximate surface area is 156 Å². The van der Waals surface area contributed by atoms with E-state index in [0.717, 1.165) is 22.1 Å². The van der Waals surface area contributed by atoms with Crippen molar-refractivity contribution < 1.29 is 9.59 Å². The van der Waals surface area contributed by atoms with Crippen molar-refractivity contribution in [2.75, 3.05) is 17.6 Å². The number of anilines is 1. The van der Waals surface area contributed by atoms with Crippen LogP contribution < -0.4 is 10.6 Å². The van der Waals surface area contributed by atoms with Gasteiger partial charge < -0.3 is 10.6 Å². The summed E-state index contributed by atoms with van der Waals surface area (Å²) in [5.74, 6) is 1.62. The number of para-hydroxylation sites is 1. The molecule has 25 heavy (non-hydrogen) atoms. The van der Waals surface area contributed by atoms with Gasteiger partial charge in [0.05, 0.1) is 10.9 Å². The molecule has 2 amide bonds. The van der Waals surface area contributed by atoms with E-state index in [1.165, 1.54) is 17.3 Å². The van der Waals surface area contributed by atoms with Gasteiger partial charge in [0.25, 0.3) is 0 Å². The van der Waals surface area contributed by atoms with Gasteiger partial charge in [-0.2, -0.15) is 11.8 Å². The number of benzene rings is 2. The first-order chi connectivity index (χ1) is 12.2. The van der Waals surface area contributed by atoms with Crippen molar-refractivity contribution in [2.45, 2.75) is 22.3 Å². The quantitative estimate of drug-likeness (QED) is 0.730. The van der Waals surface area contributed by atoms with E-state index in [9.17, 15) is 9.59 Å². The summed E-state index contributed by atoms with van der Waals surface area (Å²) >= 11 is 3.24. The number of carbonyl (C=O) groups excluding carboxylic acids is 2. The number of hydrogen-bond donors (Lipinski definition) is 2. The molecule has 2 aromatic rings. The van der Waals surface area contributed by atoms with Crippen molar-refractivity contribution >= 4 is 41.0 Å². The van der Waals surface area contributed by atoms with Crippen LogP contribution >= 0.6 is 23.5 Å². The summed E-state index contributed by atoms with van der Waals surface area (Å²) in [7, 11) is 0. The van der Waals surface area contributed by atoms with Crippen LogP contribution in [0.2, 0.25) is 0 Å². The van der Waals surface area contributed by atoms with Crippen LogP contribution in [0.1, 0.15) is 12.0 Å². The summed E-state index contributed by atoms with van der Waals surface area (Å²) in [6.07, 6.45) is 0.203. The Bertz CT molecular complexity index is 737. The average Bonchev–Trinajstić information content (AvgIpc) is 2.63. The molecule has 0 saturated carbocycles. The summed E-state index contributed by atoms with van der Waals surface area (Å²) < 4.78 is 0. The maximum absolute atomic E-state index is 12.1. The highest BCUT2D eigenvalue weighted by Gasteiger charge is 2.28. The maximum Gasteiger partial charge on any atom is 0.238 e. The number of hydrogen-bond acceptors (Lipinski definition) is 4. The van der Waals surface area contributed by atoms with E-state index in [0.29, 0.717) is 6.54 Å². The zero-order chi connectivity index (χ0) is 17.5. The molecule has 1 aliphatic rings. The lowest BCUT2D eigenvalue weighted by atomic mass is 10.2. The van der Waals surface area contributed by atoms with Crippen molar-refractivity contribution in [1.82, 2.24) is 5.32 Å². The van der Waals surface area contributed by atoms with Gasteiger partial charge in [-0.15, -0.1) is 11.8 Å². The Morgan fingerprint density at radius 3 is 2.72 bits per heavy atom. The van der Waals surface area contributed by atoms with Gasteiger partial charge in [-0.1, -0.05) is 42.5 Å². The first kappa shape index (κ1) is 17.9. The summed E-state index contributed by atoms with van der Waals surface area (Å²) in [5, 5.41) is 5.41. The summed E-state index contributed by atoms with van der Waals surface area (Å²) in [6.45, 7) is 0.617. The highest BCUT2D eigenvalue weighted by atomic mass is 32.2. The molecule has 1 unspecified atom stereocenters. The molecule has 1 heterocycles. The number of thioether (sulfide) groups is 2. The number of rotatable bonds is 7. The lowest BCUT2D eigenvalue weighted by molar-refractivity contribution is -0.123.